The molecule has 1 atom stereocenters. The van der Waals surface area contributed by atoms with E-state index >= 15 is 0 Å². The van der Waals surface area contributed by atoms with Crippen molar-refractivity contribution in [3.05, 3.63) is 88.2 Å². The van der Waals surface area contributed by atoms with E-state index in [1.807, 2.05) is 24.3 Å². The molecule has 0 radical (unpaired) electrons. The van der Waals surface area contributed by atoms with E-state index in [2.05, 4.69) is 18.8 Å². The summed E-state index contributed by atoms with van der Waals surface area (Å²) in [6, 6.07) is 11.9. The highest BCUT2D eigenvalue weighted by Gasteiger charge is 2.47. The van der Waals surface area contributed by atoms with Crippen molar-refractivity contribution in [1.82, 2.24) is 4.98 Å². The molecule has 4 rings (SSSR count). The quantitative estimate of drug-likeness (QED) is 0.364. The van der Waals surface area contributed by atoms with Crippen LogP contribution in [0.25, 0.3) is 5.76 Å². The summed E-state index contributed by atoms with van der Waals surface area (Å²) >= 11 is 1.23. The summed E-state index contributed by atoms with van der Waals surface area (Å²) in [6.45, 7) is 4.15. The number of hydrogen-bond donors (Lipinski definition) is 1. The van der Waals surface area contributed by atoms with E-state index in [0.717, 1.165) is 5.56 Å². The number of benzene rings is 2. The maximum atomic E-state index is 13.3. The zero-order valence-electron chi connectivity index (χ0n) is 16.4. The van der Waals surface area contributed by atoms with Crippen LogP contribution in [0.5, 0.6) is 0 Å². The predicted octanol–water partition coefficient (Wildman–Crippen LogP) is 5.03. The molecular formula is C23H19FN2O3S. The number of aromatic nitrogens is 1. The standard InChI is InChI=1S/C23H19FN2O3S/c1-13(2)14-3-5-15(6-4-14)19-18(20(27)16-7-9-17(24)10-8-16)21(28)22(29)26(19)23-25-11-12-30-23/h3-13,19,27H,1-2H3/b20-18+. The lowest BCUT2D eigenvalue weighted by Crippen LogP contribution is -2.29. The molecule has 1 fully saturated rings. The van der Waals surface area contributed by atoms with E-state index in [-0.39, 0.29) is 16.9 Å². The number of rotatable bonds is 4. The molecule has 0 saturated carbocycles. The number of aliphatic hydroxyl groups is 1. The van der Waals surface area contributed by atoms with Crippen LogP contribution in [-0.4, -0.2) is 21.8 Å². The Hall–Kier alpha value is -3.32. The molecule has 1 aromatic heterocycles. The van der Waals surface area contributed by atoms with Crippen LogP contribution in [0.2, 0.25) is 0 Å². The molecule has 1 saturated heterocycles. The topological polar surface area (TPSA) is 70.5 Å². The van der Waals surface area contributed by atoms with Crippen LogP contribution in [0.1, 0.15) is 42.5 Å². The van der Waals surface area contributed by atoms with Crippen molar-refractivity contribution >= 4 is 33.9 Å². The average Bonchev–Trinajstić information content (AvgIpc) is 3.35. The molecule has 30 heavy (non-hydrogen) atoms. The number of nitrogens with zero attached hydrogens (tertiary/aromatic N) is 2. The summed E-state index contributed by atoms with van der Waals surface area (Å²) in [5, 5.41) is 13.0. The first kappa shape index (κ1) is 20.0. The van der Waals surface area contributed by atoms with Gasteiger partial charge in [-0.1, -0.05) is 38.1 Å². The van der Waals surface area contributed by atoms with Crippen molar-refractivity contribution in [3.63, 3.8) is 0 Å². The smallest absolute Gasteiger partial charge is 0.301 e. The number of thiazole rings is 1. The Bertz CT molecular complexity index is 1120. The Morgan fingerprint density at radius 3 is 2.33 bits per heavy atom. The Morgan fingerprint density at radius 1 is 1.10 bits per heavy atom. The van der Waals surface area contributed by atoms with E-state index in [1.165, 1.54) is 40.5 Å². The summed E-state index contributed by atoms with van der Waals surface area (Å²) in [4.78, 5) is 31.4. The summed E-state index contributed by atoms with van der Waals surface area (Å²) < 4.78 is 13.3. The van der Waals surface area contributed by atoms with Gasteiger partial charge in [0.05, 0.1) is 11.6 Å². The molecule has 0 aliphatic carbocycles. The summed E-state index contributed by atoms with van der Waals surface area (Å²) in [6.07, 6.45) is 1.55. The minimum Gasteiger partial charge on any atom is -0.507 e. The lowest BCUT2D eigenvalue weighted by Gasteiger charge is -2.23. The fourth-order valence-corrected chi connectivity index (χ4v) is 4.17. The van der Waals surface area contributed by atoms with Crippen molar-refractivity contribution in [2.24, 2.45) is 0 Å². The van der Waals surface area contributed by atoms with Crippen LogP contribution in [0.3, 0.4) is 0 Å². The molecule has 1 N–H and O–H groups in total. The molecule has 1 amide bonds. The molecule has 5 nitrogen and oxygen atoms in total. The predicted molar refractivity (Wildman–Crippen MR) is 114 cm³/mol. The highest BCUT2D eigenvalue weighted by atomic mass is 32.1. The number of amides is 1. The minimum absolute atomic E-state index is 0.0425. The Labute approximate surface area is 177 Å². The number of carbonyl (C=O) groups is 2. The van der Waals surface area contributed by atoms with E-state index < -0.39 is 23.5 Å². The van der Waals surface area contributed by atoms with Gasteiger partial charge in [0.1, 0.15) is 11.6 Å². The van der Waals surface area contributed by atoms with Crippen LogP contribution in [0.15, 0.2) is 65.7 Å². The molecule has 3 aromatic rings. The maximum absolute atomic E-state index is 13.3. The third kappa shape index (κ3) is 3.41. The molecule has 2 heterocycles. The molecule has 0 bridgehead atoms. The van der Waals surface area contributed by atoms with Crippen molar-refractivity contribution in [1.29, 1.82) is 0 Å². The van der Waals surface area contributed by atoms with Crippen molar-refractivity contribution in [3.8, 4) is 0 Å². The summed E-state index contributed by atoms with van der Waals surface area (Å²) in [7, 11) is 0. The van der Waals surface area contributed by atoms with Gasteiger partial charge in [-0.2, -0.15) is 0 Å². The molecule has 152 valence electrons. The van der Waals surface area contributed by atoms with Gasteiger partial charge in [-0.3, -0.25) is 14.5 Å². The van der Waals surface area contributed by atoms with Crippen LogP contribution >= 0.6 is 11.3 Å². The molecule has 7 heteroatoms. The Kier molecular flexibility index (Phi) is 5.22. The number of anilines is 1. The third-order valence-corrected chi connectivity index (χ3v) is 5.88. The first-order valence-electron chi connectivity index (χ1n) is 9.44. The highest BCUT2D eigenvalue weighted by Crippen LogP contribution is 2.42. The number of aliphatic hydroxyl groups excluding tert-OH is 1. The van der Waals surface area contributed by atoms with Gasteiger partial charge in [-0.25, -0.2) is 9.37 Å². The van der Waals surface area contributed by atoms with E-state index in [4.69, 9.17) is 0 Å². The first-order valence-corrected chi connectivity index (χ1v) is 10.3. The van der Waals surface area contributed by atoms with Crippen molar-refractivity contribution in [2.75, 3.05) is 4.90 Å². The lowest BCUT2D eigenvalue weighted by molar-refractivity contribution is -0.132. The lowest BCUT2D eigenvalue weighted by atomic mass is 9.93. The fourth-order valence-electron chi connectivity index (χ4n) is 3.51. The number of halogens is 1. The van der Waals surface area contributed by atoms with Crippen molar-refractivity contribution < 1.29 is 19.1 Å². The second-order valence-corrected chi connectivity index (χ2v) is 8.19. The molecule has 1 unspecified atom stereocenters. The van der Waals surface area contributed by atoms with Crippen LogP contribution < -0.4 is 4.90 Å². The van der Waals surface area contributed by atoms with Crippen LogP contribution in [0, 0.1) is 5.82 Å². The van der Waals surface area contributed by atoms with Gasteiger partial charge in [-0.05, 0) is 41.3 Å². The molecule has 0 spiro atoms. The molecule has 1 aliphatic heterocycles. The number of Topliss-reactive ketones (excluding diaryl/α,β-unsaturated/α-hetero) is 1. The minimum atomic E-state index is -0.831. The summed E-state index contributed by atoms with van der Waals surface area (Å²) in [5.74, 6) is -2.04. The fraction of sp³-hybridized carbons (Fsp3) is 0.174. The largest absolute Gasteiger partial charge is 0.507 e. The second kappa shape index (κ2) is 7.84. The van der Waals surface area contributed by atoms with Gasteiger partial charge in [0.15, 0.2) is 5.13 Å². The second-order valence-electron chi connectivity index (χ2n) is 7.31. The zero-order valence-corrected chi connectivity index (χ0v) is 17.2. The van der Waals surface area contributed by atoms with Gasteiger partial charge in [0.25, 0.3) is 5.78 Å². The van der Waals surface area contributed by atoms with Gasteiger partial charge >= 0.3 is 5.91 Å². The van der Waals surface area contributed by atoms with Crippen LogP contribution in [-0.2, 0) is 9.59 Å². The van der Waals surface area contributed by atoms with Crippen LogP contribution in [0.4, 0.5) is 9.52 Å². The molecule has 2 aromatic carbocycles. The number of carbonyl (C=O) groups excluding carboxylic acids is 2. The molecule has 1 aliphatic rings. The van der Waals surface area contributed by atoms with E-state index in [0.29, 0.717) is 16.6 Å². The van der Waals surface area contributed by atoms with Crippen molar-refractivity contribution in [2.45, 2.75) is 25.8 Å². The third-order valence-electron chi connectivity index (χ3n) is 5.11. The Balaban J connectivity index is 1.90. The van der Waals surface area contributed by atoms with E-state index in [9.17, 15) is 19.1 Å². The average molecular weight is 422 g/mol. The number of hydrogen-bond acceptors (Lipinski definition) is 5. The number of ketones is 1. The van der Waals surface area contributed by atoms with Gasteiger partial charge < -0.3 is 5.11 Å². The monoisotopic (exact) mass is 422 g/mol. The normalized spacial score (nSPS) is 18.4. The maximum Gasteiger partial charge on any atom is 0.301 e. The van der Waals surface area contributed by atoms with Gasteiger partial charge in [0, 0.05) is 17.1 Å². The van der Waals surface area contributed by atoms with Gasteiger partial charge in [-0.15, -0.1) is 11.3 Å². The van der Waals surface area contributed by atoms with E-state index in [1.54, 1.807) is 11.6 Å². The zero-order chi connectivity index (χ0) is 21.4. The SMILES string of the molecule is CC(C)c1ccc(C2/C(=C(\O)c3ccc(F)cc3)C(=O)C(=O)N2c2nccs2)cc1. The Morgan fingerprint density at radius 2 is 1.77 bits per heavy atom. The summed E-state index contributed by atoms with van der Waals surface area (Å²) in [5.41, 5.74) is 2.01. The van der Waals surface area contributed by atoms with Gasteiger partial charge in [0.2, 0.25) is 0 Å². The molecular weight excluding hydrogens is 403 g/mol. The highest BCUT2D eigenvalue weighted by molar-refractivity contribution is 7.14. The first-order chi connectivity index (χ1) is 14.4.